The maximum Gasteiger partial charge on any atom is 0.349 e. The molecule has 2 aromatic rings. The first-order valence-corrected chi connectivity index (χ1v) is 9.69. The number of amides is 2. The van der Waals surface area contributed by atoms with E-state index in [9.17, 15) is 19.2 Å². The Bertz CT molecular complexity index is 989. The van der Waals surface area contributed by atoms with Gasteiger partial charge in [0, 0.05) is 23.4 Å². The highest BCUT2D eigenvalue weighted by Crippen LogP contribution is 2.27. The summed E-state index contributed by atoms with van der Waals surface area (Å²) < 4.78 is 10.1. The molecular weight excluding hydrogens is 423 g/mol. The SMILES string of the molecule is CCNC(=O)CC[C@@H](NC(=O)c1cc2cc(Cl)cc(Cl)c2oc1=O)C(=O)OCC. The summed E-state index contributed by atoms with van der Waals surface area (Å²) >= 11 is 12.0. The van der Waals surface area contributed by atoms with Gasteiger partial charge in [-0.3, -0.25) is 9.59 Å². The first kappa shape index (κ1) is 22.7. The molecule has 0 radical (unpaired) electrons. The van der Waals surface area contributed by atoms with Crippen molar-refractivity contribution in [3.8, 4) is 0 Å². The lowest BCUT2D eigenvalue weighted by molar-refractivity contribution is -0.145. The van der Waals surface area contributed by atoms with Crippen LogP contribution in [0.5, 0.6) is 0 Å². The highest BCUT2D eigenvalue weighted by atomic mass is 35.5. The molecule has 1 aromatic carbocycles. The third-order valence-corrected chi connectivity index (χ3v) is 4.41. The van der Waals surface area contributed by atoms with Gasteiger partial charge in [0.25, 0.3) is 5.91 Å². The van der Waals surface area contributed by atoms with Crippen molar-refractivity contribution in [3.63, 3.8) is 0 Å². The number of carbonyl (C=O) groups is 3. The third-order valence-electron chi connectivity index (χ3n) is 3.91. The summed E-state index contributed by atoms with van der Waals surface area (Å²) in [4.78, 5) is 48.7. The molecule has 0 aliphatic rings. The minimum absolute atomic E-state index is 0.00482. The van der Waals surface area contributed by atoms with Gasteiger partial charge in [-0.1, -0.05) is 23.2 Å². The van der Waals surface area contributed by atoms with E-state index in [1.807, 2.05) is 0 Å². The summed E-state index contributed by atoms with van der Waals surface area (Å²) in [6.07, 6.45) is 0.00211. The fourth-order valence-electron chi connectivity index (χ4n) is 2.60. The second kappa shape index (κ2) is 10.3. The number of nitrogens with one attached hydrogen (secondary N) is 2. The number of carbonyl (C=O) groups excluding carboxylic acids is 3. The molecular formula is C19H20Cl2N2O6. The summed E-state index contributed by atoms with van der Waals surface area (Å²) in [6, 6.07) is 3.07. The van der Waals surface area contributed by atoms with Crippen molar-refractivity contribution in [1.29, 1.82) is 0 Å². The average Bonchev–Trinajstić information content (AvgIpc) is 2.65. The molecule has 10 heteroatoms. The molecule has 1 aromatic heterocycles. The summed E-state index contributed by atoms with van der Waals surface area (Å²) in [6.45, 7) is 3.92. The zero-order valence-corrected chi connectivity index (χ0v) is 17.4. The van der Waals surface area contributed by atoms with Crippen LogP contribution in [0.4, 0.5) is 0 Å². The molecule has 1 atom stereocenters. The van der Waals surface area contributed by atoms with Gasteiger partial charge in [-0.25, -0.2) is 9.59 Å². The highest BCUT2D eigenvalue weighted by Gasteiger charge is 2.25. The molecule has 1 heterocycles. The molecule has 156 valence electrons. The molecule has 0 bridgehead atoms. The molecule has 29 heavy (non-hydrogen) atoms. The monoisotopic (exact) mass is 442 g/mol. The Labute approximate surface area is 176 Å². The van der Waals surface area contributed by atoms with E-state index in [-0.39, 0.29) is 41.5 Å². The van der Waals surface area contributed by atoms with Crippen LogP contribution in [-0.4, -0.2) is 37.0 Å². The summed E-state index contributed by atoms with van der Waals surface area (Å²) in [5, 5.41) is 5.81. The molecule has 0 unspecified atom stereocenters. The molecule has 2 rings (SSSR count). The Morgan fingerprint density at radius 3 is 2.55 bits per heavy atom. The van der Waals surface area contributed by atoms with E-state index in [2.05, 4.69) is 10.6 Å². The molecule has 0 aliphatic carbocycles. The Morgan fingerprint density at radius 2 is 1.90 bits per heavy atom. The topological polar surface area (TPSA) is 115 Å². The van der Waals surface area contributed by atoms with Gasteiger partial charge < -0.3 is 19.8 Å². The van der Waals surface area contributed by atoms with Crippen LogP contribution >= 0.6 is 23.2 Å². The van der Waals surface area contributed by atoms with Crippen molar-refractivity contribution in [2.75, 3.05) is 13.2 Å². The molecule has 0 aliphatic heterocycles. The lowest BCUT2D eigenvalue weighted by Crippen LogP contribution is -2.43. The van der Waals surface area contributed by atoms with Crippen molar-refractivity contribution in [2.24, 2.45) is 0 Å². The number of benzene rings is 1. The maximum atomic E-state index is 12.6. The van der Waals surface area contributed by atoms with Crippen molar-refractivity contribution < 1.29 is 23.5 Å². The van der Waals surface area contributed by atoms with Crippen LogP contribution in [0.15, 0.2) is 27.4 Å². The lowest BCUT2D eigenvalue weighted by Gasteiger charge is -2.17. The smallest absolute Gasteiger partial charge is 0.349 e. The highest BCUT2D eigenvalue weighted by molar-refractivity contribution is 6.38. The van der Waals surface area contributed by atoms with Gasteiger partial charge in [-0.15, -0.1) is 0 Å². The van der Waals surface area contributed by atoms with E-state index in [1.165, 1.54) is 18.2 Å². The number of hydrogen-bond acceptors (Lipinski definition) is 6. The van der Waals surface area contributed by atoms with Crippen LogP contribution in [0.1, 0.15) is 37.0 Å². The minimum atomic E-state index is -1.11. The van der Waals surface area contributed by atoms with Crippen LogP contribution in [0, 0.1) is 0 Å². The second-order valence-electron chi connectivity index (χ2n) is 6.02. The number of ether oxygens (including phenoxy) is 1. The van der Waals surface area contributed by atoms with Gasteiger partial charge >= 0.3 is 11.6 Å². The molecule has 2 amide bonds. The Morgan fingerprint density at radius 1 is 1.17 bits per heavy atom. The van der Waals surface area contributed by atoms with Crippen molar-refractivity contribution >= 4 is 52.0 Å². The van der Waals surface area contributed by atoms with Crippen molar-refractivity contribution in [1.82, 2.24) is 10.6 Å². The number of fused-ring (bicyclic) bond motifs is 1. The lowest BCUT2D eigenvalue weighted by atomic mass is 10.1. The minimum Gasteiger partial charge on any atom is -0.464 e. The van der Waals surface area contributed by atoms with E-state index >= 15 is 0 Å². The van der Waals surface area contributed by atoms with Crippen LogP contribution in [0.3, 0.4) is 0 Å². The van der Waals surface area contributed by atoms with Crippen LogP contribution in [-0.2, 0) is 14.3 Å². The van der Waals surface area contributed by atoms with Gasteiger partial charge in [0.15, 0.2) is 5.58 Å². The molecule has 0 spiro atoms. The molecule has 0 fully saturated rings. The van der Waals surface area contributed by atoms with Crippen LogP contribution in [0.2, 0.25) is 10.0 Å². The number of rotatable bonds is 8. The van der Waals surface area contributed by atoms with Gasteiger partial charge in [-0.05, 0) is 38.5 Å². The summed E-state index contributed by atoms with van der Waals surface area (Å²) in [7, 11) is 0. The largest absolute Gasteiger partial charge is 0.464 e. The Balaban J connectivity index is 2.27. The van der Waals surface area contributed by atoms with Crippen molar-refractivity contribution in [2.45, 2.75) is 32.7 Å². The predicted molar refractivity (Wildman–Crippen MR) is 108 cm³/mol. The van der Waals surface area contributed by atoms with Gasteiger partial charge in [-0.2, -0.15) is 0 Å². The van der Waals surface area contributed by atoms with E-state index in [0.717, 1.165) is 0 Å². The van der Waals surface area contributed by atoms with Gasteiger partial charge in [0.2, 0.25) is 5.91 Å². The van der Waals surface area contributed by atoms with Crippen LogP contribution in [0.25, 0.3) is 11.0 Å². The van der Waals surface area contributed by atoms with Gasteiger partial charge in [0.1, 0.15) is 11.6 Å². The zero-order valence-electron chi connectivity index (χ0n) is 15.8. The van der Waals surface area contributed by atoms with E-state index in [1.54, 1.807) is 13.8 Å². The maximum absolute atomic E-state index is 12.6. The normalized spacial score (nSPS) is 11.7. The van der Waals surface area contributed by atoms with Crippen LogP contribution < -0.4 is 16.3 Å². The zero-order chi connectivity index (χ0) is 21.6. The molecule has 0 saturated heterocycles. The predicted octanol–water partition coefficient (Wildman–Crippen LogP) is 2.68. The van der Waals surface area contributed by atoms with E-state index < -0.39 is 23.5 Å². The number of hydrogen-bond donors (Lipinski definition) is 2. The summed E-state index contributed by atoms with van der Waals surface area (Å²) in [5.41, 5.74) is -1.16. The Hall–Kier alpha value is -2.58. The number of halogens is 2. The Kier molecular flexibility index (Phi) is 8.04. The molecule has 8 nitrogen and oxygen atoms in total. The summed E-state index contributed by atoms with van der Waals surface area (Å²) in [5.74, 6) is -1.82. The number of esters is 1. The first-order valence-electron chi connectivity index (χ1n) is 8.93. The molecule has 2 N–H and O–H groups in total. The van der Waals surface area contributed by atoms with Crippen molar-refractivity contribution in [3.05, 3.63) is 44.2 Å². The fourth-order valence-corrected chi connectivity index (χ4v) is 3.15. The van der Waals surface area contributed by atoms with E-state index in [0.29, 0.717) is 17.0 Å². The average molecular weight is 443 g/mol. The standard InChI is InChI=1S/C19H20Cl2N2O6/c1-3-22-15(24)6-5-14(19(27)28-4-2)23-17(25)12-8-10-7-11(20)9-13(21)16(10)29-18(12)26/h7-9,14H,3-6H2,1-2H3,(H,22,24)(H,23,25)/t14-/m1/s1. The molecule has 0 saturated carbocycles. The van der Waals surface area contributed by atoms with Gasteiger partial charge in [0.05, 0.1) is 11.6 Å². The third kappa shape index (κ3) is 5.95. The first-order chi connectivity index (χ1) is 13.8. The van der Waals surface area contributed by atoms with E-state index in [4.69, 9.17) is 32.4 Å². The fraction of sp³-hybridized carbons (Fsp3) is 0.368. The quantitative estimate of drug-likeness (QED) is 0.479. The second-order valence-corrected chi connectivity index (χ2v) is 6.87.